The van der Waals surface area contributed by atoms with Crippen LogP contribution in [0, 0.1) is 0 Å². The number of thiocarbonyl (C=S) groups is 1. The summed E-state index contributed by atoms with van der Waals surface area (Å²) in [5.41, 5.74) is 3.61. The molecule has 1 aliphatic heterocycles. The van der Waals surface area contributed by atoms with E-state index in [4.69, 9.17) is 35.9 Å². The Morgan fingerprint density at radius 2 is 1.83 bits per heavy atom. The number of methoxy groups -OCH3 is 2. The average molecular weight is 495 g/mol. The zero-order valence-electron chi connectivity index (χ0n) is 20.4. The van der Waals surface area contributed by atoms with Crippen LogP contribution in [0.15, 0.2) is 58.8 Å². The fraction of sp³-hybridized carbons (Fsp3) is 0.346. The fourth-order valence-electron chi connectivity index (χ4n) is 4.08. The standard InChI is InChI=1S/C26H30N4O4S/c1-5-33-14-8-13-30-17(2)22(23(27-26(30)35)18-9-6-11-20(15-18)31-3)25-28-24(29-34-25)19-10-7-12-21(16-19)32-4/h6-7,9-12,15-16,23H,5,8,13-14H2,1-4H3,(H,27,35). The molecule has 0 fully saturated rings. The van der Waals surface area contributed by atoms with Gasteiger partial charge in [0.1, 0.15) is 11.5 Å². The first-order valence-corrected chi connectivity index (χ1v) is 12.0. The van der Waals surface area contributed by atoms with Crippen LogP contribution in [0.2, 0.25) is 0 Å². The number of hydrogen-bond donors (Lipinski definition) is 1. The maximum atomic E-state index is 5.81. The van der Waals surface area contributed by atoms with Gasteiger partial charge in [0, 0.05) is 31.0 Å². The van der Waals surface area contributed by atoms with Gasteiger partial charge in [-0.15, -0.1) is 0 Å². The van der Waals surface area contributed by atoms with Gasteiger partial charge in [-0.05, 0) is 62.3 Å². The van der Waals surface area contributed by atoms with Crippen LogP contribution in [0.4, 0.5) is 0 Å². The van der Waals surface area contributed by atoms with Crippen LogP contribution >= 0.6 is 12.2 Å². The second kappa shape index (κ2) is 11.3. The smallest absolute Gasteiger partial charge is 0.258 e. The summed E-state index contributed by atoms with van der Waals surface area (Å²) in [5, 5.41) is 8.38. The second-order valence-electron chi connectivity index (χ2n) is 8.02. The van der Waals surface area contributed by atoms with Crippen molar-refractivity contribution < 1.29 is 18.7 Å². The van der Waals surface area contributed by atoms with Crippen LogP contribution in [0.5, 0.6) is 11.5 Å². The number of rotatable bonds is 10. The van der Waals surface area contributed by atoms with E-state index in [1.54, 1.807) is 14.2 Å². The Morgan fingerprint density at radius 1 is 1.09 bits per heavy atom. The molecule has 1 aliphatic rings. The lowest BCUT2D eigenvalue weighted by molar-refractivity contribution is 0.141. The summed E-state index contributed by atoms with van der Waals surface area (Å²) in [7, 11) is 3.28. The minimum absolute atomic E-state index is 0.278. The van der Waals surface area contributed by atoms with Crippen molar-refractivity contribution in [2.75, 3.05) is 34.0 Å². The van der Waals surface area contributed by atoms with E-state index in [-0.39, 0.29) is 6.04 Å². The van der Waals surface area contributed by atoms with Gasteiger partial charge in [-0.25, -0.2) is 0 Å². The molecule has 8 nitrogen and oxygen atoms in total. The van der Waals surface area contributed by atoms with E-state index in [1.165, 1.54) is 0 Å². The molecule has 0 radical (unpaired) electrons. The van der Waals surface area contributed by atoms with Gasteiger partial charge in [0.15, 0.2) is 5.11 Å². The van der Waals surface area contributed by atoms with E-state index in [2.05, 4.69) is 15.4 Å². The Balaban J connectivity index is 1.75. The molecule has 0 amide bonds. The third-order valence-electron chi connectivity index (χ3n) is 5.88. The number of nitrogens with zero attached hydrogens (tertiary/aromatic N) is 3. The van der Waals surface area contributed by atoms with Gasteiger partial charge in [0.25, 0.3) is 5.89 Å². The predicted molar refractivity (Wildman–Crippen MR) is 138 cm³/mol. The van der Waals surface area contributed by atoms with Crippen LogP contribution in [-0.4, -0.2) is 54.1 Å². The third-order valence-corrected chi connectivity index (χ3v) is 6.22. The normalized spacial score (nSPS) is 15.8. The number of aromatic nitrogens is 2. The molecule has 3 aromatic rings. The topological polar surface area (TPSA) is 81.9 Å². The van der Waals surface area contributed by atoms with Gasteiger partial charge < -0.3 is 29.0 Å². The van der Waals surface area contributed by atoms with E-state index in [9.17, 15) is 0 Å². The summed E-state index contributed by atoms with van der Waals surface area (Å²) in [6.07, 6.45) is 0.836. The molecule has 35 heavy (non-hydrogen) atoms. The van der Waals surface area contributed by atoms with Gasteiger partial charge in [0.05, 0.1) is 25.8 Å². The highest BCUT2D eigenvalue weighted by molar-refractivity contribution is 7.80. The first-order chi connectivity index (χ1) is 17.0. The molecule has 1 aromatic heterocycles. The molecular weight excluding hydrogens is 464 g/mol. The minimum atomic E-state index is -0.278. The van der Waals surface area contributed by atoms with E-state index < -0.39 is 0 Å². The van der Waals surface area contributed by atoms with Crippen molar-refractivity contribution in [2.45, 2.75) is 26.3 Å². The molecule has 9 heteroatoms. The molecule has 1 unspecified atom stereocenters. The number of benzene rings is 2. The van der Waals surface area contributed by atoms with Crippen LogP contribution < -0.4 is 14.8 Å². The van der Waals surface area contributed by atoms with E-state index >= 15 is 0 Å². The number of allylic oxidation sites excluding steroid dienone is 1. The molecule has 0 spiro atoms. The Hall–Kier alpha value is -3.43. The van der Waals surface area contributed by atoms with Crippen LogP contribution in [0.3, 0.4) is 0 Å². The lowest BCUT2D eigenvalue weighted by atomic mass is 9.94. The predicted octanol–water partition coefficient (Wildman–Crippen LogP) is 4.84. The monoisotopic (exact) mass is 494 g/mol. The number of ether oxygens (including phenoxy) is 3. The zero-order chi connectivity index (χ0) is 24.8. The molecule has 1 N–H and O–H groups in total. The molecule has 1 atom stereocenters. The lowest BCUT2D eigenvalue weighted by Crippen LogP contribution is -2.46. The molecule has 0 aliphatic carbocycles. The van der Waals surface area contributed by atoms with Gasteiger partial charge in [-0.2, -0.15) is 4.98 Å². The summed E-state index contributed by atoms with van der Waals surface area (Å²) < 4.78 is 22.1. The first kappa shape index (κ1) is 24.7. The molecule has 0 bridgehead atoms. The van der Waals surface area contributed by atoms with Gasteiger partial charge in [0.2, 0.25) is 5.82 Å². The van der Waals surface area contributed by atoms with E-state index in [1.807, 2.05) is 62.4 Å². The van der Waals surface area contributed by atoms with Gasteiger partial charge in [-0.3, -0.25) is 0 Å². The van der Waals surface area contributed by atoms with Crippen LogP contribution in [0.1, 0.15) is 37.8 Å². The maximum Gasteiger partial charge on any atom is 0.258 e. The Morgan fingerprint density at radius 3 is 2.57 bits per heavy atom. The quantitative estimate of drug-likeness (QED) is 0.314. The molecular formula is C26H30N4O4S. The average Bonchev–Trinajstić information content (AvgIpc) is 3.37. The fourth-order valence-corrected chi connectivity index (χ4v) is 4.43. The largest absolute Gasteiger partial charge is 0.497 e. The van der Waals surface area contributed by atoms with Crippen molar-refractivity contribution in [1.82, 2.24) is 20.4 Å². The molecule has 0 saturated heterocycles. The van der Waals surface area contributed by atoms with Crippen LogP contribution in [-0.2, 0) is 4.74 Å². The van der Waals surface area contributed by atoms with Gasteiger partial charge >= 0.3 is 0 Å². The van der Waals surface area contributed by atoms with E-state index in [0.29, 0.717) is 36.6 Å². The molecule has 2 heterocycles. The van der Waals surface area contributed by atoms with Crippen molar-refractivity contribution in [3.05, 3.63) is 65.7 Å². The Bertz CT molecular complexity index is 1210. The summed E-state index contributed by atoms with van der Waals surface area (Å²) in [6, 6.07) is 15.2. The van der Waals surface area contributed by atoms with Gasteiger partial charge in [-0.1, -0.05) is 29.4 Å². The maximum absolute atomic E-state index is 5.81. The third kappa shape index (κ3) is 5.47. The summed E-state index contributed by atoms with van der Waals surface area (Å²) in [6.45, 7) is 6.09. The van der Waals surface area contributed by atoms with Crippen molar-refractivity contribution in [3.63, 3.8) is 0 Å². The van der Waals surface area contributed by atoms with Crippen molar-refractivity contribution in [1.29, 1.82) is 0 Å². The Kier molecular flexibility index (Phi) is 7.99. The second-order valence-corrected chi connectivity index (χ2v) is 8.40. The zero-order valence-corrected chi connectivity index (χ0v) is 21.2. The van der Waals surface area contributed by atoms with Crippen molar-refractivity contribution in [3.8, 4) is 22.9 Å². The van der Waals surface area contributed by atoms with Crippen molar-refractivity contribution in [2.24, 2.45) is 0 Å². The molecule has 4 rings (SSSR count). The minimum Gasteiger partial charge on any atom is -0.497 e. The Labute approximate surface area is 210 Å². The number of hydrogen-bond acceptors (Lipinski definition) is 7. The summed E-state index contributed by atoms with van der Waals surface area (Å²) >= 11 is 5.76. The van der Waals surface area contributed by atoms with Crippen molar-refractivity contribution >= 4 is 22.9 Å². The SMILES string of the molecule is CCOCCCN1C(=S)NC(c2cccc(OC)c2)C(c2nc(-c3cccc(OC)c3)no2)=C1C. The first-order valence-electron chi connectivity index (χ1n) is 11.5. The molecule has 2 aromatic carbocycles. The van der Waals surface area contributed by atoms with E-state index in [0.717, 1.165) is 40.3 Å². The highest BCUT2D eigenvalue weighted by atomic mass is 32.1. The lowest BCUT2D eigenvalue weighted by Gasteiger charge is -2.37. The molecule has 184 valence electrons. The summed E-state index contributed by atoms with van der Waals surface area (Å²) in [5.74, 6) is 2.40. The summed E-state index contributed by atoms with van der Waals surface area (Å²) in [4.78, 5) is 6.83. The van der Waals surface area contributed by atoms with Crippen LogP contribution in [0.25, 0.3) is 17.0 Å². The highest BCUT2D eigenvalue weighted by Crippen LogP contribution is 2.38. The number of nitrogens with one attached hydrogen (secondary N) is 1. The highest BCUT2D eigenvalue weighted by Gasteiger charge is 2.34. The molecule has 0 saturated carbocycles.